The Morgan fingerprint density at radius 3 is 1.51 bits per heavy atom. The summed E-state index contributed by atoms with van der Waals surface area (Å²) in [6.45, 7) is 8.66. The normalized spacial score (nSPS) is 11.3. The second kappa shape index (κ2) is 12.4. The van der Waals surface area contributed by atoms with Gasteiger partial charge in [0.25, 0.3) is 0 Å². The zero-order valence-corrected chi connectivity index (χ0v) is 22.7. The molecule has 0 fully saturated rings. The molecule has 2 aromatic heterocycles. The highest BCUT2D eigenvalue weighted by Gasteiger charge is 2.20. The molecule has 0 saturated heterocycles. The summed E-state index contributed by atoms with van der Waals surface area (Å²) < 4.78 is 4.37. The average molecular weight is 507 g/mol. The fourth-order valence-corrected chi connectivity index (χ4v) is 5.93. The molecule has 184 valence electrons. The first-order valence-corrected chi connectivity index (χ1v) is 14.4. The van der Waals surface area contributed by atoms with Crippen LogP contribution in [0.25, 0.3) is 11.4 Å². The van der Waals surface area contributed by atoms with Gasteiger partial charge >= 0.3 is 0 Å². The van der Waals surface area contributed by atoms with Crippen molar-refractivity contribution in [1.29, 1.82) is 0 Å². The Kier molecular flexibility index (Phi) is 9.04. The van der Waals surface area contributed by atoms with Crippen LogP contribution < -0.4 is 0 Å². The van der Waals surface area contributed by atoms with E-state index in [0.717, 1.165) is 70.5 Å². The van der Waals surface area contributed by atoms with Crippen LogP contribution in [-0.4, -0.2) is 41.0 Å². The summed E-state index contributed by atoms with van der Waals surface area (Å²) in [4.78, 5) is 0. The van der Waals surface area contributed by atoms with Crippen LogP contribution in [0.15, 0.2) is 58.8 Å². The van der Waals surface area contributed by atoms with Gasteiger partial charge in [0.1, 0.15) is 11.6 Å². The standard InChI is InChI=1S/C27H34N6S2/c1-5-7-15-34-26-30-28-24(32(26)22-13-9-11-20(3)17-22)19-25-29-31-27(35-16-8-6-2)33(25)23-14-10-12-21(4)18-23/h9-14,17-18H,5-8,15-16,19H2,1-4H3. The molecule has 35 heavy (non-hydrogen) atoms. The molecule has 8 heteroatoms. The lowest BCUT2D eigenvalue weighted by Crippen LogP contribution is -2.09. The highest BCUT2D eigenvalue weighted by atomic mass is 32.2. The van der Waals surface area contributed by atoms with Crippen LogP contribution in [0.3, 0.4) is 0 Å². The molecule has 6 nitrogen and oxygen atoms in total. The van der Waals surface area contributed by atoms with E-state index in [1.54, 1.807) is 23.5 Å². The molecule has 0 saturated carbocycles. The van der Waals surface area contributed by atoms with E-state index in [1.165, 1.54) is 11.1 Å². The van der Waals surface area contributed by atoms with Gasteiger partial charge in [-0.25, -0.2) is 0 Å². The van der Waals surface area contributed by atoms with E-state index >= 15 is 0 Å². The molecule has 0 radical (unpaired) electrons. The van der Waals surface area contributed by atoms with Crippen LogP contribution in [0.1, 0.15) is 62.3 Å². The number of thioether (sulfide) groups is 2. The summed E-state index contributed by atoms with van der Waals surface area (Å²) in [5.74, 6) is 3.80. The third kappa shape index (κ3) is 6.35. The first-order chi connectivity index (χ1) is 17.1. The minimum Gasteiger partial charge on any atom is -0.274 e. The topological polar surface area (TPSA) is 61.4 Å². The van der Waals surface area contributed by atoms with Gasteiger partial charge in [-0.05, 0) is 62.1 Å². The van der Waals surface area contributed by atoms with Gasteiger partial charge in [-0.3, -0.25) is 9.13 Å². The number of hydrogen-bond donors (Lipinski definition) is 0. The van der Waals surface area contributed by atoms with Crippen molar-refractivity contribution >= 4 is 23.5 Å². The van der Waals surface area contributed by atoms with Gasteiger partial charge in [0, 0.05) is 22.9 Å². The summed E-state index contributed by atoms with van der Waals surface area (Å²) in [6.07, 6.45) is 5.18. The van der Waals surface area contributed by atoms with Gasteiger partial charge in [-0.15, -0.1) is 20.4 Å². The molecule has 4 aromatic rings. The van der Waals surface area contributed by atoms with Gasteiger partial charge in [0.05, 0.1) is 6.42 Å². The molecule has 0 aliphatic heterocycles. The largest absolute Gasteiger partial charge is 0.274 e. The van der Waals surface area contributed by atoms with Crippen LogP contribution >= 0.6 is 23.5 Å². The smallest absolute Gasteiger partial charge is 0.195 e. The van der Waals surface area contributed by atoms with Crippen LogP contribution in [0.2, 0.25) is 0 Å². The van der Waals surface area contributed by atoms with Crippen molar-refractivity contribution in [2.45, 2.75) is 70.1 Å². The van der Waals surface area contributed by atoms with Crippen molar-refractivity contribution < 1.29 is 0 Å². The van der Waals surface area contributed by atoms with Crippen LogP contribution in [0, 0.1) is 13.8 Å². The lowest BCUT2D eigenvalue weighted by atomic mass is 10.2. The van der Waals surface area contributed by atoms with Crippen molar-refractivity contribution in [2.24, 2.45) is 0 Å². The number of aromatic nitrogens is 6. The summed E-state index contributed by atoms with van der Waals surface area (Å²) in [6, 6.07) is 17.0. The number of aryl methyl sites for hydroxylation is 2. The molecule has 0 atom stereocenters. The molecular formula is C27H34N6S2. The van der Waals surface area contributed by atoms with Crippen LogP contribution in [0.5, 0.6) is 0 Å². The van der Waals surface area contributed by atoms with E-state index in [0.29, 0.717) is 6.42 Å². The lowest BCUT2D eigenvalue weighted by molar-refractivity contribution is 0.789. The first kappa shape index (κ1) is 25.5. The van der Waals surface area contributed by atoms with E-state index in [-0.39, 0.29) is 0 Å². The zero-order chi connectivity index (χ0) is 24.6. The Morgan fingerprint density at radius 2 is 1.11 bits per heavy atom. The van der Waals surface area contributed by atoms with Crippen LogP contribution in [-0.2, 0) is 6.42 Å². The maximum atomic E-state index is 4.64. The molecule has 0 bridgehead atoms. The molecule has 0 spiro atoms. The van der Waals surface area contributed by atoms with Crippen molar-refractivity contribution in [3.63, 3.8) is 0 Å². The summed E-state index contributed by atoms with van der Waals surface area (Å²) in [5, 5.41) is 20.3. The SMILES string of the molecule is CCCCSc1nnc(Cc2nnc(SCCCC)n2-c2cccc(C)c2)n1-c1cccc(C)c1. The average Bonchev–Trinajstić information content (AvgIpc) is 3.43. The van der Waals surface area contributed by atoms with Crippen LogP contribution in [0.4, 0.5) is 0 Å². The minimum atomic E-state index is 0.546. The third-order valence-electron chi connectivity index (χ3n) is 5.69. The second-order valence-corrected chi connectivity index (χ2v) is 10.9. The predicted octanol–water partition coefficient (Wildman–Crippen LogP) is 6.84. The van der Waals surface area contributed by atoms with Crippen molar-refractivity contribution in [1.82, 2.24) is 29.5 Å². The minimum absolute atomic E-state index is 0.546. The number of benzene rings is 2. The Bertz CT molecular complexity index is 1150. The molecule has 0 unspecified atom stereocenters. The molecule has 4 rings (SSSR count). The maximum absolute atomic E-state index is 4.64. The quantitative estimate of drug-likeness (QED) is 0.155. The van der Waals surface area contributed by atoms with Crippen molar-refractivity contribution in [3.8, 4) is 11.4 Å². The van der Waals surface area contributed by atoms with Gasteiger partial charge in [0.2, 0.25) is 0 Å². The monoisotopic (exact) mass is 506 g/mol. The van der Waals surface area contributed by atoms with E-state index in [1.807, 2.05) is 0 Å². The molecule has 0 N–H and O–H groups in total. The van der Waals surface area contributed by atoms with E-state index in [9.17, 15) is 0 Å². The summed E-state index contributed by atoms with van der Waals surface area (Å²) >= 11 is 3.53. The highest BCUT2D eigenvalue weighted by Crippen LogP contribution is 2.28. The number of hydrogen-bond acceptors (Lipinski definition) is 6. The fourth-order valence-electron chi connectivity index (χ4n) is 3.83. The number of unbranched alkanes of at least 4 members (excludes halogenated alkanes) is 2. The molecule has 2 aromatic carbocycles. The zero-order valence-electron chi connectivity index (χ0n) is 21.1. The summed E-state index contributed by atoms with van der Waals surface area (Å²) in [5.41, 5.74) is 4.60. The molecular weight excluding hydrogens is 472 g/mol. The van der Waals surface area contributed by atoms with Gasteiger partial charge in [0.15, 0.2) is 10.3 Å². The second-order valence-electron chi connectivity index (χ2n) is 8.73. The van der Waals surface area contributed by atoms with Crippen molar-refractivity contribution in [2.75, 3.05) is 11.5 Å². The molecule has 2 heterocycles. The van der Waals surface area contributed by atoms with E-state index in [2.05, 4.69) is 106 Å². The maximum Gasteiger partial charge on any atom is 0.195 e. The Labute approximate surface area is 217 Å². The van der Waals surface area contributed by atoms with Gasteiger partial charge in [-0.1, -0.05) is 74.5 Å². The Morgan fingerprint density at radius 1 is 0.657 bits per heavy atom. The number of rotatable bonds is 12. The van der Waals surface area contributed by atoms with Gasteiger partial charge < -0.3 is 0 Å². The molecule has 0 aliphatic carbocycles. The number of nitrogens with zero attached hydrogens (tertiary/aromatic N) is 6. The molecule has 0 amide bonds. The van der Waals surface area contributed by atoms with Gasteiger partial charge in [-0.2, -0.15) is 0 Å². The highest BCUT2D eigenvalue weighted by molar-refractivity contribution is 7.99. The predicted molar refractivity (Wildman–Crippen MR) is 146 cm³/mol. The lowest BCUT2D eigenvalue weighted by Gasteiger charge is -2.13. The third-order valence-corrected chi connectivity index (χ3v) is 7.73. The Balaban J connectivity index is 1.74. The van der Waals surface area contributed by atoms with E-state index < -0.39 is 0 Å². The summed E-state index contributed by atoms with van der Waals surface area (Å²) in [7, 11) is 0. The van der Waals surface area contributed by atoms with Crippen molar-refractivity contribution in [3.05, 3.63) is 71.3 Å². The van der Waals surface area contributed by atoms with E-state index in [4.69, 9.17) is 0 Å². The fraction of sp³-hybridized carbons (Fsp3) is 0.407. The molecule has 0 aliphatic rings. The Hall–Kier alpha value is -2.58. The first-order valence-electron chi connectivity index (χ1n) is 12.4.